The van der Waals surface area contributed by atoms with Gasteiger partial charge in [-0.25, -0.2) is 5.21 Å². The minimum absolute atomic E-state index is 0.0320. The molecule has 0 bridgehead atoms. The molecule has 8 heteroatoms. The lowest BCUT2D eigenvalue weighted by molar-refractivity contribution is -0.991. The van der Waals surface area contributed by atoms with Crippen molar-refractivity contribution in [3.05, 3.63) is 70.6 Å². The average Bonchev–Trinajstić information content (AvgIpc) is 3.48. The van der Waals surface area contributed by atoms with Crippen LogP contribution in [-0.2, 0) is 16.0 Å². The number of hydrogen-bond donors (Lipinski definition) is 3. The van der Waals surface area contributed by atoms with Crippen LogP contribution in [-0.4, -0.2) is 50.4 Å². The van der Waals surface area contributed by atoms with Crippen LogP contribution in [0.25, 0.3) is 10.9 Å². The first-order valence-electron chi connectivity index (χ1n) is 11.6. The van der Waals surface area contributed by atoms with E-state index in [9.17, 15) is 20.0 Å². The fourth-order valence-corrected chi connectivity index (χ4v) is 5.97. The van der Waals surface area contributed by atoms with Crippen molar-refractivity contribution in [2.24, 2.45) is 0 Å². The molecule has 0 spiro atoms. The Hall–Kier alpha value is -3.20. The van der Waals surface area contributed by atoms with Gasteiger partial charge in [-0.1, -0.05) is 43.2 Å². The van der Waals surface area contributed by atoms with E-state index in [1.165, 1.54) is 0 Å². The van der Waals surface area contributed by atoms with Crippen LogP contribution in [0.15, 0.2) is 48.5 Å². The molecule has 3 heterocycles. The van der Waals surface area contributed by atoms with Gasteiger partial charge in [0, 0.05) is 41.2 Å². The molecule has 2 aliphatic heterocycles. The number of fused-ring (bicyclic) bond motifs is 4. The second-order valence-electron chi connectivity index (χ2n) is 9.32. The van der Waals surface area contributed by atoms with Crippen molar-refractivity contribution in [1.29, 1.82) is 0 Å². The molecule has 2 amide bonds. The topological polar surface area (TPSA) is 104 Å². The summed E-state index contributed by atoms with van der Waals surface area (Å²) >= 11 is 0. The minimum Gasteiger partial charge on any atom is -0.595 e. The summed E-state index contributed by atoms with van der Waals surface area (Å²) in [5.74, 6) is -0.0206. The molecule has 33 heavy (non-hydrogen) atoms. The van der Waals surface area contributed by atoms with Crippen molar-refractivity contribution in [1.82, 2.24) is 14.8 Å². The van der Waals surface area contributed by atoms with Crippen molar-refractivity contribution in [3.63, 3.8) is 0 Å². The van der Waals surface area contributed by atoms with Crippen molar-refractivity contribution in [3.8, 4) is 0 Å². The van der Waals surface area contributed by atoms with E-state index in [-0.39, 0.29) is 30.1 Å². The summed E-state index contributed by atoms with van der Waals surface area (Å²) in [4.78, 5) is 34.3. The molecule has 1 saturated heterocycles. The van der Waals surface area contributed by atoms with Crippen LogP contribution in [0.4, 0.5) is 5.69 Å². The van der Waals surface area contributed by atoms with Gasteiger partial charge < -0.3 is 20.0 Å². The maximum atomic E-state index is 13.7. The van der Waals surface area contributed by atoms with Gasteiger partial charge in [0.1, 0.15) is 12.6 Å². The highest BCUT2D eigenvalue weighted by Gasteiger charge is 2.49. The fourth-order valence-electron chi connectivity index (χ4n) is 5.97. The van der Waals surface area contributed by atoms with E-state index < -0.39 is 17.3 Å². The zero-order valence-corrected chi connectivity index (χ0v) is 18.2. The molecule has 1 saturated carbocycles. The molecule has 170 valence electrons. The maximum absolute atomic E-state index is 13.7. The normalized spacial score (nSPS) is 24.3. The monoisotopic (exact) mass is 446 g/mol. The number of benzene rings is 2. The number of para-hydroxylation sites is 1. The lowest BCUT2D eigenvalue weighted by Gasteiger charge is -2.48. The number of rotatable bonds is 3. The second kappa shape index (κ2) is 7.69. The largest absolute Gasteiger partial charge is 0.595 e. The Morgan fingerprint density at radius 1 is 1.03 bits per heavy atom. The van der Waals surface area contributed by atoms with Crippen LogP contribution in [0.2, 0.25) is 0 Å². The number of aromatic amines is 1. The van der Waals surface area contributed by atoms with Gasteiger partial charge >= 0.3 is 0 Å². The molecule has 1 aliphatic carbocycles. The van der Waals surface area contributed by atoms with Crippen molar-refractivity contribution in [2.45, 2.75) is 50.2 Å². The highest BCUT2D eigenvalue weighted by Crippen LogP contribution is 2.43. The molecule has 1 aromatic heterocycles. The first-order chi connectivity index (χ1) is 16.0. The Morgan fingerprint density at radius 2 is 1.76 bits per heavy atom. The zero-order valence-electron chi connectivity index (χ0n) is 18.2. The standard InChI is InChI=1S/C25H26N4O4/c30-22-14-27(16-5-1-2-6-16)25(31)21-13-19-18-7-3-4-8-20(18)26-23(19)24(28(21)22)15-9-11-17(12-10-15)29(32)33/h3-4,7-12,16,21,24,26,29,32H,1-2,5-6,13-14H2/t21-,24?/m0/s1. The van der Waals surface area contributed by atoms with Crippen LogP contribution in [0.5, 0.6) is 0 Å². The summed E-state index contributed by atoms with van der Waals surface area (Å²) < 4.78 is 0. The number of carbonyl (C=O) groups excluding carboxylic acids is 2. The number of quaternary nitrogens is 1. The molecule has 3 N–H and O–H groups in total. The molecule has 0 radical (unpaired) electrons. The van der Waals surface area contributed by atoms with Gasteiger partial charge in [-0.2, -0.15) is 5.23 Å². The molecule has 3 aliphatic rings. The molecule has 2 fully saturated rings. The zero-order chi connectivity index (χ0) is 22.7. The maximum Gasteiger partial charge on any atom is 0.246 e. The summed E-state index contributed by atoms with van der Waals surface area (Å²) in [6.07, 6.45) is 4.61. The lowest BCUT2D eigenvalue weighted by Crippen LogP contribution is -2.99. The van der Waals surface area contributed by atoms with Gasteiger partial charge in [-0.05, 0) is 30.0 Å². The van der Waals surface area contributed by atoms with Gasteiger partial charge in [-0.3, -0.25) is 9.59 Å². The smallest absolute Gasteiger partial charge is 0.246 e. The van der Waals surface area contributed by atoms with E-state index in [0.717, 1.165) is 53.4 Å². The van der Waals surface area contributed by atoms with Crippen LogP contribution in [0, 0.1) is 5.21 Å². The molecule has 2 unspecified atom stereocenters. The summed E-state index contributed by atoms with van der Waals surface area (Å²) in [6, 6.07) is 13.8. The van der Waals surface area contributed by atoms with Gasteiger partial charge in [0.25, 0.3) is 0 Å². The Labute approximate surface area is 190 Å². The highest BCUT2D eigenvalue weighted by molar-refractivity contribution is 5.97. The molecule has 3 atom stereocenters. The summed E-state index contributed by atoms with van der Waals surface area (Å²) in [7, 11) is 0. The molecule has 3 aromatic rings. The van der Waals surface area contributed by atoms with Crippen LogP contribution >= 0.6 is 0 Å². The van der Waals surface area contributed by atoms with E-state index in [2.05, 4.69) is 11.1 Å². The van der Waals surface area contributed by atoms with Gasteiger partial charge in [0.15, 0.2) is 5.69 Å². The summed E-state index contributed by atoms with van der Waals surface area (Å²) in [5, 5.41) is 20.8. The van der Waals surface area contributed by atoms with E-state index in [1.54, 1.807) is 29.2 Å². The number of aromatic nitrogens is 1. The van der Waals surface area contributed by atoms with Crippen LogP contribution in [0.3, 0.4) is 0 Å². The second-order valence-corrected chi connectivity index (χ2v) is 9.32. The van der Waals surface area contributed by atoms with E-state index >= 15 is 0 Å². The van der Waals surface area contributed by atoms with E-state index in [0.29, 0.717) is 6.42 Å². The molecular formula is C25H26N4O4. The van der Waals surface area contributed by atoms with Gasteiger partial charge in [0.2, 0.25) is 11.8 Å². The quantitative estimate of drug-likeness (QED) is 0.537. The predicted molar refractivity (Wildman–Crippen MR) is 121 cm³/mol. The number of nitrogens with one attached hydrogen (secondary N) is 2. The Balaban J connectivity index is 1.49. The van der Waals surface area contributed by atoms with Crippen LogP contribution < -0.4 is 5.23 Å². The average molecular weight is 447 g/mol. The number of carbonyl (C=O) groups is 2. The fraction of sp³-hybridized carbons (Fsp3) is 0.360. The first-order valence-corrected chi connectivity index (χ1v) is 11.6. The van der Waals surface area contributed by atoms with Crippen molar-refractivity contribution in [2.75, 3.05) is 6.54 Å². The lowest BCUT2D eigenvalue weighted by atomic mass is 9.86. The highest BCUT2D eigenvalue weighted by atomic mass is 16.8. The van der Waals surface area contributed by atoms with Gasteiger partial charge in [-0.15, -0.1) is 0 Å². The molecule has 6 rings (SSSR count). The van der Waals surface area contributed by atoms with E-state index in [4.69, 9.17) is 0 Å². The number of H-pyrrole nitrogens is 1. The third-order valence-electron chi connectivity index (χ3n) is 7.53. The number of nitrogens with zero attached hydrogens (tertiary/aromatic N) is 2. The Bertz CT molecular complexity index is 1230. The summed E-state index contributed by atoms with van der Waals surface area (Å²) in [6.45, 7) is 0.110. The molecule has 2 aromatic carbocycles. The molecule has 8 nitrogen and oxygen atoms in total. The third kappa shape index (κ3) is 3.17. The molecular weight excluding hydrogens is 420 g/mol. The number of piperazine rings is 1. The first kappa shape index (κ1) is 20.4. The predicted octanol–water partition coefficient (Wildman–Crippen LogP) is 2.20. The SMILES string of the molecule is O=C1[C@@H]2Cc3c([nH]c4ccccc34)C(c3ccc([NH+]([O-])O)cc3)N2C(=O)CN1C1CCCC1. The van der Waals surface area contributed by atoms with Crippen LogP contribution in [0.1, 0.15) is 48.5 Å². The number of amides is 2. The number of hydrogen-bond acceptors (Lipinski definition) is 4. The Kier molecular flexibility index (Phi) is 4.76. The Morgan fingerprint density at radius 3 is 2.48 bits per heavy atom. The summed E-state index contributed by atoms with van der Waals surface area (Å²) in [5.41, 5.74) is 3.94. The van der Waals surface area contributed by atoms with Gasteiger partial charge in [0.05, 0.1) is 6.04 Å². The van der Waals surface area contributed by atoms with E-state index in [1.807, 2.05) is 23.1 Å². The third-order valence-corrected chi connectivity index (χ3v) is 7.53. The minimum atomic E-state index is -0.995. The van der Waals surface area contributed by atoms with Crippen molar-refractivity contribution < 1.29 is 20.0 Å². The van der Waals surface area contributed by atoms with Crippen molar-refractivity contribution >= 4 is 28.4 Å².